The van der Waals surface area contributed by atoms with Crippen molar-refractivity contribution < 1.29 is 38.1 Å². The molecule has 0 saturated carbocycles. The highest BCUT2D eigenvalue weighted by Crippen LogP contribution is 2.43. The van der Waals surface area contributed by atoms with Crippen LogP contribution in [0.4, 0.5) is 11.6 Å². The number of piperidine rings is 2. The minimum absolute atomic E-state index is 0.123. The molecule has 7 rings (SSSR count). The van der Waals surface area contributed by atoms with Crippen molar-refractivity contribution in [2.24, 2.45) is 0 Å². The van der Waals surface area contributed by atoms with Gasteiger partial charge < -0.3 is 47.9 Å². The van der Waals surface area contributed by atoms with Crippen molar-refractivity contribution in [1.82, 2.24) is 9.97 Å². The standard InChI is InChI=1S/C16H25BN2O3.C12H24B2O4.C10H13BrN2O/c1-15(2)16(3,4)22-17(21-15)12-5-6-14(18-11-12)19-9-7-13(20)8-10-19;1-9(2)10(3,4)16-13(15-9)14-17-11(5,6)12(7,8)18-14;11-8-1-2-10(12-7-8)13-5-3-9(14)4-6-13/h5-6,11,13,20H,7-10H2,1-4H3;1-8H3;1-2,7,9,14H,3-6H2. The van der Waals surface area contributed by atoms with E-state index in [1.54, 1.807) is 6.20 Å². The summed E-state index contributed by atoms with van der Waals surface area (Å²) in [6, 6.07) is 8.03. The number of halogens is 1. The number of aromatic nitrogens is 2. The van der Waals surface area contributed by atoms with E-state index in [0.29, 0.717) is 0 Å². The first-order chi connectivity index (χ1) is 24.9. The molecule has 298 valence electrons. The average molecular weight is 815 g/mol. The number of nitrogens with zero attached hydrogens (tertiary/aromatic N) is 4. The largest absolute Gasteiger partial charge is 0.496 e. The molecule has 16 heteroatoms. The molecule has 0 unspecified atom stereocenters. The van der Waals surface area contributed by atoms with E-state index in [2.05, 4.69) is 35.7 Å². The maximum atomic E-state index is 9.58. The highest BCUT2D eigenvalue weighted by Gasteiger charge is 2.63. The Labute approximate surface area is 332 Å². The lowest BCUT2D eigenvalue weighted by atomic mass is 9.49. The fraction of sp³-hybridized carbons (Fsp3) is 0.737. The van der Waals surface area contributed by atoms with Gasteiger partial charge in [-0.2, -0.15) is 0 Å². The van der Waals surface area contributed by atoms with Crippen molar-refractivity contribution in [2.45, 2.75) is 155 Å². The Morgan fingerprint density at radius 1 is 0.537 bits per heavy atom. The van der Waals surface area contributed by atoms with Crippen molar-refractivity contribution >= 4 is 54.2 Å². The number of aliphatic hydroxyl groups is 2. The Hall–Kier alpha value is -1.75. The monoisotopic (exact) mass is 814 g/mol. The summed E-state index contributed by atoms with van der Waals surface area (Å²) in [6.07, 6.45) is 6.65. The summed E-state index contributed by atoms with van der Waals surface area (Å²) in [6.45, 7) is 27.9. The van der Waals surface area contributed by atoms with Crippen molar-refractivity contribution in [3.05, 3.63) is 41.1 Å². The van der Waals surface area contributed by atoms with Crippen molar-refractivity contribution in [2.75, 3.05) is 36.0 Å². The van der Waals surface area contributed by atoms with Gasteiger partial charge in [-0.25, -0.2) is 9.97 Å². The molecule has 0 aromatic carbocycles. The van der Waals surface area contributed by atoms with Gasteiger partial charge in [0, 0.05) is 48.5 Å². The van der Waals surface area contributed by atoms with Gasteiger partial charge in [-0.3, -0.25) is 0 Å². The van der Waals surface area contributed by atoms with Gasteiger partial charge in [0.15, 0.2) is 0 Å². The summed E-state index contributed by atoms with van der Waals surface area (Å²) in [5.41, 5.74) is -1.16. The van der Waals surface area contributed by atoms with Crippen molar-refractivity contribution in [3.8, 4) is 0 Å². The third-order valence-electron chi connectivity index (χ3n) is 12.4. The van der Waals surface area contributed by atoms with E-state index in [0.717, 1.165) is 73.4 Å². The number of rotatable bonds is 4. The molecule has 2 N–H and O–H groups in total. The molecule has 0 amide bonds. The molecule has 0 atom stereocenters. The second-order valence-corrected chi connectivity index (χ2v) is 19.0. The van der Waals surface area contributed by atoms with Crippen LogP contribution in [0.1, 0.15) is 109 Å². The normalized spacial score (nSPS) is 25.6. The SMILES string of the molecule is CC1(C)OB(B2OC(C)(C)C(C)(C)O2)OC1(C)C.CC1(C)OB(c2ccc(N3CCC(O)CC3)nc2)OC1(C)C.OC1CCN(c2ccc(Br)cn2)CC1. The molecule has 0 spiro atoms. The fourth-order valence-electron chi connectivity index (χ4n) is 6.45. The van der Waals surface area contributed by atoms with E-state index >= 15 is 0 Å². The summed E-state index contributed by atoms with van der Waals surface area (Å²) in [4.78, 5) is 13.3. The first kappa shape index (κ1) is 43.4. The van der Waals surface area contributed by atoms with Crippen LogP contribution in [0.15, 0.2) is 41.1 Å². The van der Waals surface area contributed by atoms with E-state index in [-0.39, 0.29) is 52.9 Å². The first-order valence-electron chi connectivity index (χ1n) is 19.4. The molecule has 54 heavy (non-hydrogen) atoms. The predicted molar refractivity (Wildman–Crippen MR) is 219 cm³/mol. The van der Waals surface area contributed by atoms with E-state index in [9.17, 15) is 10.2 Å². The molecular weight excluding hydrogens is 753 g/mol. The lowest BCUT2D eigenvalue weighted by Crippen LogP contribution is -2.41. The zero-order chi connectivity index (χ0) is 39.9. The van der Waals surface area contributed by atoms with Crippen LogP contribution >= 0.6 is 15.9 Å². The lowest BCUT2D eigenvalue weighted by Gasteiger charge is -2.32. The summed E-state index contributed by atoms with van der Waals surface area (Å²) < 4.78 is 36.9. The second kappa shape index (κ2) is 16.2. The fourth-order valence-corrected chi connectivity index (χ4v) is 6.68. The third-order valence-corrected chi connectivity index (χ3v) is 12.8. The molecule has 5 aliphatic heterocycles. The maximum Gasteiger partial charge on any atom is 0.496 e. The van der Waals surface area contributed by atoms with Crippen molar-refractivity contribution in [1.29, 1.82) is 0 Å². The number of hydrogen-bond acceptors (Lipinski definition) is 12. The van der Waals surface area contributed by atoms with Crippen LogP contribution in [-0.4, -0.2) is 113 Å². The van der Waals surface area contributed by atoms with Gasteiger partial charge in [-0.1, -0.05) is 6.07 Å². The van der Waals surface area contributed by atoms with Crippen LogP contribution in [0.5, 0.6) is 0 Å². The van der Waals surface area contributed by atoms with E-state index < -0.39 is 14.0 Å². The van der Waals surface area contributed by atoms with Crippen LogP contribution in [0.3, 0.4) is 0 Å². The minimum atomic E-state index is -0.476. The molecule has 0 bridgehead atoms. The van der Waals surface area contributed by atoms with Crippen molar-refractivity contribution in [3.63, 3.8) is 0 Å². The van der Waals surface area contributed by atoms with Crippen LogP contribution < -0.4 is 15.3 Å². The zero-order valence-corrected chi connectivity index (χ0v) is 36.1. The quantitative estimate of drug-likeness (QED) is 0.384. The maximum absolute atomic E-state index is 9.58. The van der Waals surface area contributed by atoms with E-state index in [1.165, 1.54) is 0 Å². The molecule has 0 radical (unpaired) electrons. The molecule has 7 heterocycles. The van der Waals surface area contributed by atoms with E-state index in [4.69, 9.17) is 27.9 Å². The van der Waals surface area contributed by atoms with Gasteiger partial charge in [0.2, 0.25) is 0 Å². The summed E-state index contributed by atoms with van der Waals surface area (Å²) in [5.74, 6) is 1.95. The number of anilines is 2. The molecule has 0 aliphatic carbocycles. The average Bonchev–Trinajstić information content (AvgIpc) is 3.56. The summed E-state index contributed by atoms with van der Waals surface area (Å²) >= 11 is 3.36. The third kappa shape index (κ3) is 9.85. The highest BCUT2D eigenvalue weighted by atomic mass is 79.9. The molecule has 5 saturated heterocycles. The smallest absolute Gasteiger partial charge is 0.405 e. The summed E-state index contributed by atoms with van der Waals surface area (Å²) in [7, 11) is -1.32. The van der Waals surface area contributed by atoms with Crippen LogP contribution in [0.2, 0.25) is 0 Å². The van der Waals surface area contributed by atoms with Crippen LogP contribution in [0.25, 0.3) is 0 Å². The topological polar surface area (TPSA) is 128 Å². The minimum Gasteiger partial charge on any atom is -0.405 e. The first-order valence-corrected chi connectivity index (χ1v) is 20.2. The Morgan fingerprint density at radius 3 is 1.19 bits per heavy atom. The van der Waals surface area contributed by atoms with Crippen LogP contribution in [-0.2, 0) is 27.9 Å². The van der Waals surface area contributed by atoms with Gasteiger partial charge in [0.05, 0.1) is 45.8 Å². The molecule has 2 aromatic rings. The number of hydrogen-bond donors (Lipinski definition) is 2. The Kier molecular flexibility index (Phi) is 13.1. The molecule has 12 nitrogen and oxygen atoms in total. The Morgan fingerprint density at radius 2 is 0.870 bits per heavy atom. The Balaban J connectivity index is 0.000000160. The molecule has 5 fully saturated rings. The lowest BCUT2D eigenvalue weighted by molar-refractivity contribution is 0.00578. The molecular formula is C38H62B3BrN4O8. The number of pyridine rings is 2. The van der Waals surface area contributed by atoms with Gasteiger partial charge >= 0.3 is 21.1 Å². The Bertz CT molecular complexity index is 1450. The second-order valence-electron chi connectivity index (χ2n) is 18.1. The molecule has 2 aromatic heterocycles. The molecule has 5 aliphatic rings. The van der Waals surface area contributed by atoms with Crippen LogP contribution in [0, 0.1) is 0 Å². The van der Waals surface area contributed by atoms with Gasteiger partial charge in [-0.05, 0) is 143 Å². The highest BCUT2D eigenvalue weighted by molar-refractivity contribution is 9.10. The number of aliphatic hydroxyl groups excluding tert-OH is 2. The predicted octanol–water partition coefficient (Wildman–Crippen LogP) is 5.40. The summed E-state index contributed by atoms with van der Waals surface area (Å²) in [5, 5.41) is 18.9. The van der Waals surface area contributed by atoms with Gasteiger partial charge in [-0.15, -0.1) is 0 Å². The van der Waals surface area contributed by atoms with Gasteiger partial charge in [0.1, 0.15) is 11.6 Å². The van der Waals surface area contributed by atoms with Gasteiger partial charge in [0.25, 0.3) is 0 Å². The zero-order valence-electron chi connectivity index (χ0n) is 34.5. The van der Waals surface area contributed by atoms with E-state index in [1.807, 2.05) is 114 Å².